The van der Waals surface area contributed by atoms with Gasteiger partial charge >= 0.3 is 0 Å². The summed E-state index contributed by atoms with van der Waals surface area (Å²) in [6.07, 6.45) is 4.21. The molecule has 0 aliphatic carbocycles. The van der Waals surface area contributed by atoms with Crippen LogP contribution < -0.4 is 16.2 Å². The Morgan fingerprint density at radius 2 is 1.77 bits per heavy atom. The quantitative estimate of drug-likeness (QED) is 0.459. The summed E-state index contributed by atoms with van der Waals surface area (Å²) in [6, 6.07) is 17.8. The number of para-hydroxylation sites is 1. The number of rotatable bonds is 5. The van der Waals surface area contributed by atoms with Gasteiger partial charge in [0.1, 0.15) is 5.82 Å². The second kappa shape index (κ2) is 8.02. The Hall–Kier alpha value is -4.00. The van der Waals surface area contributed by atoms with Gasteiger partial charge in [-0.3, -0.25) is 14.8 Å². The molecule has 0 spiro atoms. The Kier molecular flexibility index (Phi) is 4.92. The van der Waals surface area contributed by atoms with Crippen molar-refractivity contribution in [3.8, 4) is 22.4 Å². The topological polar surface area (TPSA) is 82.7 Å². The van der Waals surface area contributed by atoms with Gasteiger partial charge in [-0.05, 0) is 47.9 Å². The second-order valence-corrected chi connectivity index (χ2v) is 7.46. The van der Waals surface area contributed by atoms with Gasteiger partial charge in [0.25, 0.3) is 5.56 Å². The molecule has 0 saturated heterocycles. The van der Waals surface area contributed by atoms with Crippen molar-refractivity contribution in [1.29, 1.82) is 0 Å². The molecule has 3 N–H and O–H groups in total. The van der Waals surface area contributed by atoms with E-state index in [9.17, 15) is 9.18 Å². The van der Waals surface area contributed by atoms with Crippen LogP contribution in [0.1, 0.15) is 5.56 Å². The van der Waals surface area contributed by atoms with Crippen LogP contribution in [0.5, 0.6) is 0 Å². The molecule has 1 aliphatic rings. The van der Waals surface area contributed by atoms with Crippen molar-refractivity contribution < 1.29 is 4.39 Å². The molecule has 1 unspecified atom stereocenters. The van der Waals surface area contributed by atoms with Crippen LogP contribution in [-0.4, -0.2) is 27.5 Å². The molecule has 2 aromatic heterocycles. The summed E-state index contributed by atoms with van der Waals surface area (Å²) < 4.78 is 13.4. The minimum atomic E-state index is -0.359. The summed E-state index contributed by atoms with van der Waals surface area (Å²) in [4.78, 5) is 24.6. The van der Waals surface area contributed by atoms with Crippen LogP contribution in [0.3, 0.4) is 0 Å². The maximum absolute atomic E-state index is 13.4. The van der Waals surface area contributed by atoms with Gasteiger partial charge < -0.3 is 10.6 Å². The highest BCUT2D eigenvalue weighted by atomic mass is 19.1. The van der Waals surface area contributed by atoms with Crippen LogP contribution in [0, 0.1) is 5.82 Å². The van der Waals surface area contributed by atoms with Crippen molar-refractivity contribution in [2.45, 2.75) is 12.5 Å². The fraction of sp³-hybridized carbons (Fsp3) is 0.125. The Bertz CT molecular complexity index is 1250. The second-order valence-electron chi connectivity index (χ2n) is 7.46. The van der Waals surface area contributed by atoms with E-state index in [-0.39, 0.29) is 17.4 Å². The van der Waals surface area contributed by atoms with E-state index >= 15 is 0 Å². The molecule has 1 aliphatic heterocycles. The summed E-state index contributed by atoms with van der Waals surface area (Å²) >= 11 is 0. The van der Waals surface area contributed by atoms with Crippen LogP contribution in [0.25, 0.3) is 22.4 Å². The number of fused-ring (bicyclic) bond motifs is 1. The first-order valence-electron chi connectivity index (χ1n) is 10.1. The van der Waals surface area contributed by atoms with Crippen LogP contribution in [0.2, 0.25) is 0 Å². The summed E-state index contributed by atoms with van der Waals surface area (Å²) in [5, 5.41) is 6.74. The molecule has 1 atom stereocenters. The number of aromatic nitrogens is 3. The molecule has 4 aromatic rings. The molecule has 0 saturated carbocycles. The Labute approximate surface area is 178 Å². The lowest BCUT2D eigenvalue weighted by Gasteiger charge is -2.15. The summed E-state index contributed by atoms with van der Waals surface area (Å²) in [5.74, 6) is 0.0300. The van der Waals surface area contributed by atoms with E-state index in [0.29, 0.717) is 29.3 Å². The number of hydrogen-bond donors (Lipinski definition) is 3. The first kappa shape index (κ1) is 19.0. The lowest BCUT2D eigenvalue weighted by molar-refractivity contribution is 0.628. The first-order chi connectivity index (χ1) is 15.2. The molecule has 2 aromatic carbocycles. The number of benzene rings is 2. The molecule has 6 nitrogen and oxygen atoms in total. The zero-order valence-electron chi connectivity index (χ0n) is 16.6. The van der Waals surface area contributed by atoms with Gasteiger partial charge in [-0.25, -0.2) is 9.37 Å². The third-order valence-corrected chi connectivity index (χ3v) is 5.37. The number of hydrogen-bond acceptors (Lipinski definition) is 5. The largest absolute Gasteiger partial charge is 0.380 e. The molecule has 31 heavy (non-hydrogen) atoms. The fourth-order valence-corrected chi connectivity index (χ4v) is 3.88. The van der Waals surface area contributed by atoms with E-state index in [1.54, 1.807) is 36.7 Å². The van der Waals surface area contributed by atoms with E-state index in [4.69, 9.17) is 4.98 Å². The lowest BCUT2D eigenvalue weighted by Crippen LogP contribution is -2.27. The highest BCUT2D eigenvalue weighted by Crippen LogP contribution is 2.29. The lowest BCUT2D eigenvalue weighted by atomic mass is 10.0. The molecule has 0 radical (unpaired) electrons. The number of anilines is 2. The predicted molar refractivity (Wildman–Crippen MR) is 120 cm³/mol. The summed E-state index contributed by atoms with van der Waals surface area (Å²) in [6.45, 7) is 0.600. The molecule has 0 amide bonds. The number of nitrogens with zero attached hydrogens (tertiary/aromatic N) is 2. The molecule has 3 heterocycles. The number of pyridine rings is 1. The average molecular weight is 413 g/mol. The number of halogens is 1. The SMILES string of the molecule is O=c1[nH]c(NCC2Cc3ccccc3N2)nc(-c2ccncc2)c1-c1ccc(F)cc1. The molecule has 0 bridgehead atoms. The summed E-state index contributed by atoms with van der Waals surface area (Å²) in [5.41, 5.74) is 4.39. The Morgan fingerprint density at radius 1 is 1.00 bits per heavy atom. The van der Waals surface area contributed by atoms with Gasteiger partial charge in [-0.1, -0.05) is 30.3 Å². The van der Waals surface area contributed by atoms with Crippen molar-refractivity contribution >= 4 is 11.6 Å². The third kappa shape index (κ3) is 3.90. The van der Waals surface area contributed by atoms with E-state index < -0.39 is 0 Å². The molecular formula is C24H20FN5O. The number of H-pyrrole nitrogens is 1. The van der Waals surface area contributed by atoms with E-state index in [1.165, 1.54) is 17.7 Å². The van der Waals surface area contributed by atoms with Gasteiger partial charge in [0.15, 0.2) is 0 Å². The molecule has 154 valence electrons. The zero-order valence-corrected chi connectivity index (χ0v) is 16.6. The smallest absolute Gasteiger partial charge is 0.260 e. The Balaban J connectivity index is 1.46. The molecule has 5 rings (SSSR count). The molecule has 0 fully saturated rings. The highest BCUT2D eigenvalue weighted by molar-refractivity contribution is 5.80. The minimum Gasteiger partial charge on any atom is -0.380 e. The number of nitrogens with one attached hydrogen (secondary N) is 3. The zero-order chi connectivity index (χ0) is 21.2. The Morgan fingerprint density at radius 3 is 2.55 bits per heavy atom. The van der Waals surface area contributed by atoms with Crippen molar-refractivity contribution in [1.82, 2.24) is 15.0 Å². The number of aromatic amines is 1. The van der Waals surface area contributed by atoms with Crippen molar-refractivity contribution in [3.05, 3.63) is 94.8 Å². The first-order valence-corrected chi connectivity index (χ1v) is 10.1. The monoisotopic (exact) mass is 413 g/mol. The van der Waals surface area contributed by atoms with Gasteiger partial charge in [0.05, 0.1) is 11.3 Å². The van der Waals surface area contributed by atoms with Crippen molar-refractivity contribution in [2.24, 2.45) is 0 Å². The van der Waals surface area contributed by atoms with Crippen LogP contribution in [-0.2, 0) is 6.42 Å². The molecule has 7 heteroatoms. The van der Waals surface area contributed by atoms with Gasteiger partial charge in [0, 0.05) is 36.2 Å². The fourth-order valence-electron chi connectivity index (χ4n) is 3.88. The summed E-state index contributed by atoms with van der Waals surface area (Å²) in [7, 11) is 0. The van der Waals surface area contributed by atoms with E-state index in [1.807, 2.05) is 12.1 Å². The predicted octanol–water partition coefficient (Wildman–Crippen LogP) is 4.09. The maximum Gasteiger partial charge on any atom is 0.260 e. The normalized spacial score (nSPS) is 14.7. The minimum absolute atomic E-state index is 0.198. The maximum atomic E-state index is 13.4. The van der Waals surface area contributed by atoms with E-state index in [2.05, 4.69) is 32.7 Å². The third-order valence-electron chi connectivity index (χ3n) is 5.37. The average Bonchev–Trinajstić information content (AvgIpc) is 3.22. The highest BCUT2D eigenvalue weighted by Gasteiger charge is 2.21. The van der Waals surface area contributed by atoms with Gasteiger partial charge in [-0.15, -0.1) is 0 Å². The van der Waals surface area contributed by atoms with Crippen LogP contribution >= 0.6 is 0 Å². The van der Waals surface area contributed by atoms with Gasteiger partial charge in [-0.2, -0.15) is 0 Å². The molecular weight excluding hydrogens is 393 g/mol. The van der Waals surface area contributed by atoms with Crippen LogP contribution in [0.15, 0.2) is 77.9 Å². The van der Waals surface area contributed by atoms with Gasteiger partial charge in [0.2, 0.25) is 5.95 Å². The van der Waals surface area contributed by atoms with Crippen molar-refractivity contribution in [3.63, 3.8) is 0 Å². The van der Waals surface area contributed by atoms with E-state index in [0.717, 1.165) is 17.7 Å². The standard InChI is InChI=1S/C24H20FN5O/c25-18-7-5-15(6-8-18)21-22(16-9-11-26-12-10-16)29-24(30-23(21)31)27-14-19-13-17-3-1-2-4-20(17)28-19/h1-12,19,28H,13-14H2,(H2,27,29,30,31). The van der Waals surface area contributed by atoms with Crippen LogP contribution in [0.4, 0.5) is 16.0 Å². The van der Waals surface area contributed by atoms with Crippen molar-refractivity contribution in [2.75, 3.05) is 17.2 Å².